The number of methoxy groups -OCH3 is 1. The van der Waals surface area contributed by atoms with Gasteiger partial charge < -0.3 is 9.47 Å². The van der Waals surface area contributed by atoms with E-state index >= 15 is 0 Å². The molecule has 27 heavy (non-hydrogen) atoms. The van der Waals surface area contributed by atoms with Gasteiger partial charge in [-0.05, 0) is 42.0 Å². The summed E-state index contributed by atoms with van der Waals surface area (Å²) in [6.45, 7) is 4.62. The number of nitrogens with zero attached hydrogens (tertiary/aromatic N) is 3. The van der Waals surface area contributed by atoms with Gasteiger partial charge in [-0.15, -0.1) is 16.8 Å². The third kappa shape index (κ3) is 5.10. The van der Waals surface area contributed by atoms with E-state index in [2.05, 4.69) is 16.8 Å². The number of hydrogen-bond acceptors (Lipinski definition) is 5. The van der Waals surface area contributed by atoms with E-state index in [4.69, 9.17) is 9.47 Å². The number of benzene rings is 2. The van der Waals surface area contributed by atoms with Gasteiger partial charge in [0, 0.05) is 12.3 Å². The Morgan fingerprint density at radius 3 is 2.70 bits per heavy atom. The molecule has 0 radical (unpaired) electrons. The molecule has 0 atom stereocenters. The fourth-order valence-electron chi connectivity index (χ4n) is 2.43. The Morgan fingerprint density at radius 1 is 1.15 bits per heavy atom. The number of aromatic nitrogens is 3. The molecule has 0 saturated carbocycles. The first-order valence-electron chi connectivity index (χ1n) is 8.36. The summed E-state index contributed by atoms with van der Waals surface area (Å²) in [5.41, 5.74) is 1.14. The van der Waals surface area contributed by atoms with Crippen molar-refractivity contribution < 1.29 is 13.9 Å². The highest BCUT2D eigenvalue weighted by Gasteiger charge is 2.13. The molecule has 1 heterocycles. The van der Waals surface area contributed by atoms with E-state index in [-0.39, 0.29) is 12.4 Å². The summed E-state index contributed by atoms with van der Waals surface area (Å²) in [5, 5.41) is 9.30. The van der Waals surface area contributed by atoms with Crippen LogP contribution < -0.4 is 9.47 Å². The standard InChI is InChI=1S/C20H20FN3O2S/c1-3-11-24-19(13-26-17-9-7-16(21)8-10-17)22-23-20(24)27-14-15-5-4-6-18(12-15)25-2/h3-10,12H,1,11,13-14H2,2H3. The van der Waals surface area contributed by atoms with Gasteiger partial charge in [0.2, 0.25) is 0 Å². The monoisotopic (exact) mass is 385 g/mol. The lowest BCUT2D eigenvalue weighted by Gasteiger charge is -2.09. The van der Waals surface area contributed by atoms with Gasteiger partial charge in [0.25, 0.3) is 0 Å². The highest BCUT2D eigenvalue weighted by atomic mass is 32.2. The summed E-state index contributed by atoms with van der Waals surface area (Å²) in [5.74, 6) is 2.54. The van der Waals surface area contributed by atoms with Gasteiger partial charge in [0.05, 0.1) is 7.11 Å². The number of allylic oxidation sites excluding steroid dienone is 1. The molecular formula is C20H20FN3O2S. The van der Waals surface area contributed by atoms with E-state index in [0.717, 1.165) is 22.2 Å². The fraction of sp³-hybridized carbons (Fsp3) is 0.200. The van der Waals surface area contributed by atoms with Crippen LogP contribution in [0.2, 0.25) is 0 Å². The molecule has 0 aliphatic heterocycles. The van der Waals surface area contributed by atoms with Crippen LogP contribution in [0.5, 0.6) is 11.5 Å². The van der Waals surface area contributed by atoms with Crippen molar-refractivity contribution in [2.75, 3.05) is 7.11 Å². The molecule has 0 aliphatic carbocycles. The van der Waals surface area contributed by atoms with Crippen LogP contribution in [0.25, 0.3) is 0 Å². The lowest BCUT2D eigenvalue weighted by molar-refractivity contribution is 0.288. The van der Waals surface area contributed by atoms with Crippen molar-refractivity contribution in [3.63, 3.8) is 0 Å². The van der Waals surface area contributed by atoms with Crippen molar-refractivity contribution in [1.29, 1.82) is 0 Å². The Bertz CT molecular complexity index is 896. The van der Waals surface area contributed by atoms with Gasteiger partial charge in [0.15, 0.2) is 11.0 Å². The molecule has 2 aromatic carbocycles. The molecule has 3 aromatic rings. The summed E-state index contributed by atoms with van der Waals surface area (Å²) in [6, 6.07) is 13.8. The van der Waals surface area contributed by atoms with E-state index in [1.807, 2.05) is 28.8 Å². The summed E-state index contributed by atoms with van der Waals surface area (Å²) in [7, 11) is 1.65. The molecule has 5 nitrogen and oxygen atoms in total. The normalized spacial score (nSPS) is 10.6. The van der Waals surface area contributed by atoms with Gasteiger partial charge in [-0.3, -0.25) is 4.57 Å². The molecule has 140 valence electrons. The Morgan fingerprint density at radius 2 is 1.96 bits per heavy atom. The minimum Gasteiger partial charge on any atom is -0.497 e. The predicted molar refractivity (Wildman–Crippen MR) is 104 cm³/mol. The van der Waals surface area contributed by atoms with Crippen molar-refractivity contribution in [3.05, 3.63) is 78.4 Å². The summed E-state index contributed by atoms with van der Waals surface area (Å²) >= 11 is 1.58. The Kier molecular flexibility index (Phi) is 6.49. The molecule has 0 aliphatic rings. The van der Waals surface area contributed by atoms with Gasteiger partial charge in [-0.1, -0.05) is 30.0 Å². The highest BCUT2D eigenvalue weighted by Crippen LogP contribution is 2.24. The second kappa shape index (κ2) is 9.23. The van der Waals surface area contributed by atoms with Gasteiger partial charge in [-0.2, -0.15) is 0 Å². The second-order valence-electron chi connectivity index (χ2n) is 5.68. The van der Waals surface area contributed by atoms with Crippen molar-refractivity contribution in [2.24, 2.45) is 0 Å². The van der Waals surface area contributed by atoms with E-state index in [1.54, 1.807) is 37.1 Å². The zero-order valence-corrected chi connectivity index (χ0v) is 15.8. The predicted octanol–water partition coefficient (Wildman–Crippen LogP) is 4.48. The van der Waals surface area contributed by atoms with Crippen LogP contribution in [0.15, 0.2) is 66.3 Å². The lowest BCUT2D eigenvalue weighted by atomic mass is 10.2. The topological polar surface area (TPSA) is 49.2 Å². The molecular weight excluding hydrogens is 365 g/mol. The summed E-state index contributed by atoms with van der Waals surface area (Å²) < 4.78 is 25.9. The molecule has 7 heteroatoms. The van der Waals surface area contributed by atoms with E-state index < -0.39 is 0 Å². The number of thioether (sulfide) groups is 1. The molecule has 0 saturated heterocycles. The average Bonchev–Trinajstić information content (AvgIpc) is 3.08. The zero-order valence-electron chi connectivity index (χ0n) is 15.0. The van der Waals surface area contributed by atoms with Crippen molar-refractivity contribution in [1.82, 2.24) is 14.8 Å². The van der Waals surface area contributed by atoms with Crippen LogP contribution in [-0.4, -0.2) is 21.9 Å². The molecule has 0 unspecified atom stereocenters. The minimum absolute atomic E-state index is 0.242. The Balaban J connectivity index is 1.68. The first kappa shape index (κ1) is 19.0. The van der Waals surface area contributed by atoms with Crippen LogP contribution in [0, 0.1) is 5.82 Å². The van der Waals surface area contributed by atoms with Crippen molar-refractivity contribution in [3.8, 4) is 11.5 Å². The van der Waals surface area contributed by atoms with Crippen molar-refractivity contribution >= 4 is 11.8 Å². The lowest BCUT2D eigenvalue weighted by Crippen LogP contribution is -2.07. The van der Waals surface area contributed by atoms with E-state index in [1.165, 1.54) is 12.1 Å². The molecule has 1 aromatic heterocycles. The maximum atomic E-state index is 13.0. The summed E-state index contributed by atoms with van der Waals surface area (Å²) in [4.78, 5) is 0. The number of ether oxygens (including phenoxy) is 2. The number of halogens is 1. The SMILES string of the molecule is C=CCn1c(COc2ccc(F)cc2)nnc1SCc1cccc(OC)c1. The Hall–Kier alpha value is -2.80. The van der Waals surface area contributed by atoms with E-state index in [9.17, 15) is 4.39 Å². The molecule has 0 N–H and O–H groups in total. The Labute approximate surface area is 161 Å². The molecule has 0 fully saturated rings. The summed E-state index contributed by atoms with van der Waals surface area (Å²) in [6.07, 6.45) is 1.79. The number of rotatable bonds is 9. The minimum atomic E-state index is -0.298. The first-order chi connectivity index (χ1) is 13.2. The maximum Gasteiger partial charge on any atom is 0.191 e. The van der Waals surface area contributed by atoms with Crippen LogP contribution in [0.3, 0.4) is 0 Å². The average molecular weight is 385 g/mol. The third-order valence-electron chi connectivity index (χ3n) is 3.79. The highest BCUT2D eigenvalue weighted by molar-refractivity contribution is 7.98. The second-order valence-corrected chi connectivity index (χ2v) is 6.62. The largest absolute Gasteiger partial charge is 0.497 e. The molecule has 0 spiro atoms. The maximum absolute atomic E-state index is 13.0. The molecule has 0 bridgehead atoms. The van der Waals surface area contributed by atoms with E-state index in [0.29, 0.717) is 18.1 Å². The van der Waals surface area contributed by atoms with Gasteiger partial charge in [0.1, 0.15) is 23.9 Å². The fourth-order valence-corrected chi connectivity index (χ4v) is 3.34. The van der Waals surface area contributed by atoms with Gasteiger partial charge >= 0.3 is 0 Å². The molecule has 3 rings (SSSR count). The van der Waals surface area contributed by atoms with Crippen LogP contribution >= 0.6 is 11.8 Å². The quantitative estimate of drug-likeness (QED) is 0.401. The van der Waals surface area contributed by atoms with Crippen molar-refractivity contribution in [2.45, 2.75) is 24.1 Å². The smallest absolute Gasteiger partial charge is 0.191 e. The van der Waals surface area contributed by atoms with Crippen LogP contribution in [0.4, 0.5) is 4.39 Å². The van der Waals surface area contributed by atoms with Crippen LogP contribution in [-0.2, 0) is 18.9 Å². The van der Waals surface area contributed by atoms with Gasteiger partial charge in [-0.25, -0.2) is 4.39 Å². The first-order valence-corrected chi connectivity index (χ1v) is 9.35. The molecule has 0 amide bonds. The van der Waals surface area contributed by atoms with Crippen LogP contribution in [0.1, 0.15) is 11.4 Å². The third-order valence-corrected chi connectivity index (χ3v) is 4.83. The zero-order chi connectivity index (χ0) is 19.1. The number of hydrogen-bond donors (Lipinski definition) is 0.